The van der Waals surface area contributed by atoms with Gasteiger partial charge < -0.3 is 10.2 Å². The van der Waals surface area contributed by atoms with Gasteiger partial charge in [0.05, 0.1) is 24.3 Å². The first kappa shape index (κ1) is 28.9. The summed E-state index contributed by atoms with van der Waals surface area (Å²) < 4.78 is 0. The Bertz CT molecular complexity index is 1010. The highest BCUT2D eigenvalue weighted by atomic mass is 16.4. The summed E-state index contributed by atoms with van der Waals surface area (Å²) in [4.78, 5) is 46.2. The molecule has 2 amide bonds. The van der Waals surface area contributed by atoms with Crippen LogP contribution < -0.4 is 10.9 Å². The van der Waals surface area contributed by atoms with Gasteiger partial charge in [-0.2, -0.15) is 10.2 Å². The molecule has 0 radical (unpaired) electrons. The summed E-state index contributed by atoms with van der Waals surface area (Å²) >= 11 is 0. The van der Waals surface area contributed by atoms with Crippen LogP contribution in [-0.2, 0) is 19.2 Å². The minimum Gasteiger partial charge on any atom is -0.481 e. The van der Waals surface area contributed by atoms with Crippen LogP contribution >= 0.6 is 0 Å². The van der Waals surface area contributed by atoms with Crippen LogP contribution in [-0.4, -0.2) is 45.4 Å². The number of hydrazone groups is 2. The molecule has 0 saturated carbocycles. The van der Waals surface area contributed by atoms with Crippen LogP contribution in [0.5, 0.6) is 0 Å². The highest BCUT2D eigenvalue weighted by molar-refractivity contribution is 6.02. The van der Waals surface area contributed by atoms with Crippen LogP contribution in [0.25, 0.3) is 0 Å². The molecule has 2 aromatic rings. The predicted octanol–water partition coefficient (Wildman–Crippen LogP) is 3.71. The van der Waals surface area contributed by atoms with Gasteiger partial charge in [0.15, 0.2) is 0 Å². The van der Waals surface area contributed by atoms with Gasteiger partial charge in [0, 0.05) is 25.7 Å². The summed E-state index contributed by atoms with van der Waals surface area (Å²) in [6, 6.07) is 18.1. The fourth-order valence-electron chi connectivity index (χ4n) is 3.36. The lowest BCUT2D eigenvalue weighted by Crippen LogP contribution is -2.21. The number of nitrogens with one attached hydrogen (secondary N) is 2. The molecule has 0 aromatic heterocycles. The van der Waals surface area contributed by atoms with Crippen molar-refractivity contribution in [3.8, 4) is 0 Å². The fraction of sp³-hybridized carbons (Fsp3) is 0.333. The van der Waals surface area contributed by atoms with E-state index in [1.54, 1.807) is 24.3 Å². The molecule has 0 atom stereocenters. The van der Waals surface area contributed by atoms with Crippen molar-refractivity contribution in [3.05, 3.63) is 71.8 Å². The minimum absolute atomic E-state index is 0.0951. The molecule has 10 heteroatoms. The molecule has 0 heterocycles. The lowest BCUT2D eigenvalue weighted by molar-refractivity contribution is -0.137. The number of carboxylic acids is 2. The van der Waals surface area contributed by atoms with Crippen LogP contribution in [0, 0.1) is 0 Å². The average Bonchev–Trinajstić information content (AvgIpc) is 2.89. The molecule has 0 aliphatic carbocycles. The summed E-state index contributed by atoms with van der Waals surface area (Å²) in [6.45, 7) is 0. The topological polar surface area (TPSA) is 158 Å². The zero-order valence-electron chi connectivity index (χ0n) is 20.6. The smallest absolute Gasteiger partial charge is 0.303 e. The number of aliphatic carboxylic acids is 2. The Hall–Kier alpha value is -4.34. The number of amides is 2. The molecule has 0 aliphatic heterocycles. The molecule has 0 spiro atoms. The number of nitrogens with zero attached hydrogens (tertiary/aromatic N) is 2. The van der Waals surface area contributed by atoms with Crippen molar-refractivity contribution in [2.24, 2.45) is 10.2 Å². The number of unbranched alkanes of at least 4 members (excludes halogenated alkanes) is 2. The summed E-state index contributed by atoms with van der Waals surface area (Å²) in [5.74, 6) is -2.46. The highest BCUT2D eigenvalue weighted by Crippen LogP contribution is 2.09. The Balaban J connectivity index is 1.74. The van der Waals surface area contributed by atoms with Crippen LogP contribution in [0.2, 0.25) is 0 Å². The number of benzene rings is 2. The van der Waals surface area contributed by atoms with E-state index in [4.69, 9.17) is 10.2 Å². The molecule has 0 fully saturated rings. The van der Waals surface area contributed by atoms with Gasteiger partial charge in [0.25, 0.3) is 0 Å². The molecule has 0 bridgehead atoms. The number of hydrogen-bond acceptors (Lipinski definition) is 6. The summed E-state index contributed by atoms with van der Waals surface area (Å²) in [5, 5.41) is 26.1. The third-order valence-electron chi connectivity index (χ3n) is 5.30. The fourth-order valence-corrected chi connectivity index (χ4v) is 3.36. The summed E-state index contributed by atoms with van der Waals surface area (Å²) in [6.07, 6.45) is 2.39. The standard InChI is InChI=1S/C27H32N4O6/c32-24(30-28-22(16-18-26(34)35)20-10-4-1-5-11-20)14-8-3-9-15-25(33)31-29-23(17-19-27(36)37)21-12-6-2-7-13-21/h1-2,4-7,10-13H,3,8-9,14-19H2,(H,30,32)(H,31,33)(H,34,35)(H,36,37)/b28-22+,29-23+. The van der Waals surface area contributed by atoms with E-state index in [9.17, 15) is 19.2 Å². The molecule has 2 rings (SSSR count). The second kappa shape index (κ2) is 16.4. The van der Waals surface area contributed by atoms with Crippen molar-refractivity contribution >= 4 is 35.2 Å². The van der Waals surface area contributed by atoms with E-state index in [2.05, 4.69) is 21.1 Å². The Morgan fingerprint density at radius 1 is 0.541 bits per heavy atom. The largest absolute Gasteiger partial charge is 0.481 e. The normalized spacial score (nSPS) is 11.6. The Morgan fingerprint density at radius 3 is 1.27 bits per heavy atom. The maximum Gasteiger partial charge on any atom is 0.303 e. The number of hydrogen-bond donors (Lipinski definition) is 4. The molecule has 4 N–H and O–H groups in total. The van der Waals surface area contributed by atoms with Gasteiger partial charge in [-0.3, -0.25) is 19.2 Å². The van der Waals surface area contributed by atoms with Crippen LogP contribution in [0.4, 0.5) is 0 Å². The monoisotopic (exact) mass is 508 g/mol. The first-order valence-corrected chi connectivity index (χ1v) is 12.1. The van der Waals surface area contributed by atoms with Crippen LogP contribution in [0.3, 0.4) is 0 Å². The van der Waals surface area contributed by atoms with E-state index in [1.807, 2.05) is 36.4 Å². The lowest BCUT2D eigenvalue weighted by Gasteiger charge is -2.07. The Kier molecular flexibility index (Phi) is 12.8. The van der Waals surface area contributed by atoms with Crippen molar-refractivity contribution in [1.29, 1.82) is 0 Å². The number of rotatable bonds is 16. The quantitative estimate of drug-likeness (QED) is 0.154. The zero-order valence-corrected chi connectivity index (χ0v) is 20.6. The molecule has 0 unspecified atom stereocenters. The number of carboxylic acid groups (broad SMARTS) is 2. The number of carbonyl (C=O) groups is 4. The average molecular weight is 509 g/mol. The van der Waals surface area contributed by atoms with Crippen molar-refractivity contribution in [1.82, 2.24) is 10.9 Å². The summed E-state index contributed by atoms with van der Waals surface area (Å²) in [7, 11) is 0. The molecular weight excluding hydrogens is 476 g/mol. The maximum absolute atomic E-state index is 12.2. The molecule has 2 aromatic carbocycles. The first-order chi connectivity index (χ1) is 17.8. The van der Waals surface area contributed by atoms with Gasteiger partial charge in [-0.05, 0) is 24.0 Å². The van der Waals surface area contributed by atoms with E-state index in [0.29, 0.717) is 30.7 Å². The SMILES string of the molecule is O=C(O)CC/C(=N\NC(=O)CCCCCC(=O)N/N=C(\CCC(=O)O)c1ccccc1)c1ccccc1. The molecular formula is C27H32N4O6. The molecule has 0 saturated heterocycles. The highest BCUT2D eigenvalue weighted by Gasteiger charge is 2.10. The van der Waals surface area contributed by atoms with Gasteiger partial charge in [-0.1, -0.05) is 67.1 Å². The molecule has 0 aliphatic rings. The minimum atomic E-state index is -0.943. The van der Waals surface area contributed by atoms with Gasteiger partial charge in [-0.15, -0.1) is 0 Å². The van der Waals surface area contributed by atoms with E-state index in [-0.39, 0.29) is 50.3 Å². The van der Waals surface area contributed by atoms with Crippen molar-refractivity contribution in [2.75, 3.05) is 0 Å². The van der Waals surface area contributed by atoms with E-state index in [1.165, 1.54) is 0 Å². The number of carbonyl (C=O) groups excluding carboxylic acids is 2. The van der Waals surface area contributed by atoms with Gasteiger partial charge >= 0.3 is 11.9 Å². The van der Waals surface area contributed by atoms with Gasteiger partial charge in [0.2, 0.25) is 11.8 Å². The Morgan fingerprint density at radius 2 is 0.919 bits per heavy atom. The van der Waals surface area contributed by atoms with Gasteiger partial charge in [-0.25, -0.2) is 10.9 Å². The maximum atomic E-state index is 12.2. The van der Waals surface area contributed by atoms with Crippen LogP contribution in [0.1, 0.15) is 68.9 Å². The van der Waals surface area contributed by atoms with E-state index < -0.39 is 11.9 Å². The summed E-state index contributed by atoms with van der Waals surface area (Å²) in [5.41, 5.74) is 7.46. The van der Waals surface area contributed by atoms with E-state index in [0.717, 1.165) is 11.1 Å². The molecule has 37 heavy (non-hydrogen) atoms. The zero-order chi connectivity index (χ0) is 26.9. The second-order valence-corrected chi connectivity index (χ2v) is 8.27. The molecule has 196 valence electrons. The third-order valence-corrected chi connectivity index (χ3v) is 5.30. The van der Waals surface area contributed by atoms with Crippen molar-refractivity contribution in [3.63, 3.8) is 0 Å². The first-order valence-electron chi connectivity index (χ1n) is 12.1. The third kappa shape index (κ3) is 12.3. The predicted molar refractivity (Wildman–Crippen MR) is 139 cm³/mol. The lowest BCUT2D eigenvalue weighted by atomic mass is 10.1. The van der Waals surface area contributed by atoms with Crippen LogP contribution in [0.15, 0.2) is 70.9 Å². The van der Waals surface area contributed by atoms with Gasteiger partial charge in [0.1, 0.15) is 0 Å². The van der Waals surface area contributed by atoms with Crippen molar-refractivity contribution in [2.45, 2.75) is 57.8 Å². The van der Waals surface area contributed by atoms with Crippen molar-refractivity contribution < 1.29 is 29.4 Å². The molecule has 10 nitrogen and oxygen atoms in total. The Labute approximate surface area is 215 Å². The van der Waals surface area contributed by atoms with E-state index >= 15 is 0 Å². The second-order valence-electron chi connectivity index (χ2n) is 8.27.